The van der Waals surface area contributed by atoms with Gasteiger partial charge in [-0.2, -0.15) is 0 Å². The number of unbranched alkanes of at least 4 members (excludes halogenated alkanes) is 1. The predicted molar refractivity (Wildman–Crippen MR) is 151 cm³/mol. The highest BCUT2D eigenvalue weighted by atomic mass is 16.5. The third-order valence-corrected chi connectivity index (χ3v) is 7.01. The van der Waals surface area contributed by atoms with Crippen LogP contribution in [0.25, 0.3) is 0 Å². The molecule has 0 aliphatic carbocycles. The summed E-state index contributed by atoms with van der Waals surface area (Å²) in [5.74, 6) is -0.667. The Kier molecular flexibility index (Phi) is 12.0. The molecule has 8 heteroatoms. The Morgan fingerprint density at radius 1 is 1.08 bits per heavy atom. The second kappa shape index (κ2) is 15.4. The molecule has 0 radical (unpaired) electrons. The number of nitrogens with zero attached hydrogens (tertiary/aromatic N) is 2. The number of aryl methyl sites for hydroxylation is 2. The molecule has 0 bridgehead atoms. The number of aliphatic carboxylic acids is 1. The molecule has 3 N–H and O–H groups in total. The number of carboxylic acid groups (broad SMARTS) is 1. The summed E-state index contributed by atoms with van der Waals surface area (Å²) in [5.41, 5.74) is 3.27. The number of carbonyl (C=O) groups is 2. The Bertz CT molecular complexity index is 1010. The van der Waals surface area contributed by atoms with Crippen LogP contribution in [0.2, 0.25) is 0 Å². The van der Waals surface area contributed by atoms with E-state index in [9.17, 15) is 14.7 Å². The zero-order valence-corrected chi connectivity index (χ0v) is 23.1. The summed E-state index contributed by atoms with van der Waals surface area (Å²) in [6, 6.07) is 12.8. The lowest BCUT2D eigenvalue weighted by atomic mass is 10.00. The van der Waals surface area contributed by atoms with Crippen molar-refractivity contribution in [3.63, 3.8) is 0 Å². The summed E-state index contributed by atoms with van der Waals surface area (Å²) in [6.07, 6.45) is 5.61. The van der Waals surface area contributed by atoms with E-state index in [1.807, 2.05) is 44.2 Å². The highest BCUT2D eigenvalue weighted by molar-refractivity contribution is 5.87. The fourth-order valence-corrected chi connectivity index (χ4v) is 4.66. The second-order valence-corrected chi connectivity index (χ2v) is 10.4. The summed E-state index contributed by atoms with van der Waals surface area (Å²) in [7, 11) is 0. The highest BCUT2D eigenvalue weighted by Gasteiger charge is 2.24. The van der Waals surface area contributed by atoms with E-state index in [-0.39, 0.29) is 12.0 Å². The average molecular weight is 525 g/mol. The molecule has 1 aromatic heterocycles. The fraction of sp³-hybridized carbons (Fsp3) is 0.567. The first-order valence-corrected chi connectivity index (χ1v) is 14.0. The molecule has 0 unspecified atom stereocenters. The van der Waals surface area contributed by atoms with Gasteiger partial charge in [0.2, 0.25) is 5.91 Å². The third-order valence-electron chi connectivity index (χ3n) is 7.01. The molecule has 2 heterocycles. The number of hydrogen-bond acceptors (Lipinski definition) is 6. The number of rotatable bonds is 16. The number of amides is 1. The van der Waals surface area contributed by atoms with Gasteiger partial charge in [0.15, 0.2) is 0 Å². The number of carbonyl (C=O) groups excluding carboxylic acids is 1. The van der Waals surface area contributed by atoms with Crippen LogP contribution in [-0.4, -0.2) is 71.8 Å². The molecule has 0 spiro atoms. The van der Waals surface area contributed by atoms with Gasteiger partial charge in [0, 0.05) is 25.3 Å². The summed E-state index contributed by atoms with van der Waals surface area (Å²) >= 11 is 0. The Morgan fingerprint density at radius 2 is 1.87 bits per heavy atom. The van der Waals surface area contributed by atoms with E-state index in [0.717, 1.165) is 68.8 Å². The minimum Gasteiger partial charge on any atom is -0.480 e. The number of anilines is 1. The summed E-state index contributed by atoms with van der Waals surface area (Å²) in [4.78, 5) is 31.8. The van der Waals surface area contributed by atoms with Crippen LogP contribution in [0, 0.1) is 0 Å². The first-order chi connectivity index (χ1) is 18.3. The van der Waals surface area contributed by atoms with E-state index >= 15 is 0 Å². The first-order valence-electron chi connectivity index (χ1n) is 14.0. The second-order valence-electron chi connectivity index (χ2n) is 10.4. The first kappa shape index (κ1) is 29.6. The lowest BCUT2D eigenvalue weighted by Crippen LogP contribution is -2.45. The van der Waals surface area contributed by atoms with Gasteiger partial charge in [-0.25, -0.2) is 9.78 Å². The van der Waals surface area contributed by atoms with Crippen LogP contribution in [0.1, 0.15) is 69.2 Å². The van der Waals surface area contributed by atoms with Crippen molar-refractivity contribution in [1.82, 2.24) is 15.2 Å². The molecular weight excluding hydrogens is 480 g/mol. The van der Waals surface area contributed by atoms with E-state index in [0.29, 0.717) is 19.6 Å². The fourth-order valence-electron chi connectivity index (χ4n) is 4.66. The Hall–Kier alpha value is -2.97. The molecule has 1 aliphatic heterocycles. The van der Waals surface area contributed by atoms with Gasteiger partial charge in [0.1, 0.15) is 11.9 Å². The minimum atomic E-state index is -1.01. The van der Waals surface area contributed by atoms with Gasteiger partial charge in [-0.1, -0.05) is 36.4 Å². The lowest BCUT2D eigenvalue weighted by molar-refractivity contribution is -0.142. The number of aromatic nitrogens is 1. The summed E-state index contributed by atoms with van der Waals surface area (Å²) in [6.45, 7) is 9.52. The molecule has 208 valence electrons. The van der Waals surface area contributed by atoms with Crippen molar-refractivity contribution < 1.29 is 19.4 Å². The number of pyridine rings is 1. The standard InChI is InChI=1S/C30H44N4O4/c1-22(2)38-21-20-34(18-8-7-13-26-15-14-25-12-9-17-31-28(25)32-26)19-16-27(30(36)37)33-29(35)23(3)24-10-5-4-6-11-24/h4-6,10-11,14-15,22-23,27H,7-9,12-13,16-21H2,1-3H3,(H,31,32)(H,33,35)(H,36,37)/t23-,27-/m0/s1. The van der Waals surface area contributed by atoms with Gasteiger partial charge in [-0.15, -0.1) is 0 Å². The number of fused-ring (bicyclic) bond motifs is 1. The van der Waals surface area contributed by atoms with Crippen molar-refractivity contribution in [2.45, 2.75) is 77.4 Å². The maximum Gasteiger partial charge on any atom is 0.326 e. The van der Waals surface area contributed by atoms with Crippen LogP contribution in [0.15, 0.2) is 42.5 Å². The number of hydrogen-bond donors (Lipinski definition) is 3. The molecule has 2 aromatic rings. The molecule has 38 heavy (non-hydrogen) atoms. The van der Waals surface area contributed by atoms with Gasteiger partial charge in [-0.05, 0) is 83.0 Å². The average Bonchev–Trinajstić information content (AvgIpc) is 2.92. The number of benzene rings is 1. The zero-order chi connectivity index (χ0) is 27.3. The Labute approximate surface area is 227 Å². The van der Waals surface area contributed by atoms with Crippen LogP contribution in [0.4, 0.5) is 5.82 Å². The van der Waals surface area contributed by atoms with Gasteiger partial charge in [0.05, 0.1) is 18.6 Å². The van der Waals surface area contributed by atoms with E-state index < -0.39 is 17.9 Å². The zero-order valence-electron chi connectivity index (χ0n) is 23.1. The van der Waals surface area contributed by atoms with E-state index in [4.69, 9.17) is 9.72 Å². The van der Waals surface area contributed by atoms with Gasteiger partial charge in [-0.3, -0.25) is 4.79 Å². The Balaban J connectivity index is 1.50. The number of nitrogens with one attached hydrogen (secondary N) is 2. The molecule has 3 rings (SSSR count). The summed E-state index contributed by atoms with van der Waals surface area (Å²) in [5, 5.41) is 15.9. The molecule has 2 atom stereocenters. The van der Waals surface area contributed by atoms with Crippen LogP contribution in [-0.2, 0) is 27.2 Å². The van der Waals surface area contributed by atoms with Crippen LogP contribution in [0.5, 0.6) is 0 Å². The van der Waals surface area contributed by atoms with Crippen molar-refractivity contribution in [1.29, 1.82) is 0 Å². The van der Waals surface area contributed by atoms with E-state index in [1.165, 1.54) is 5.56 Å². The molecule has 1 amide bonds. The van der Waals surface area contributed by atoms with Crippen molar-refractivity contribution in [2.24, 2.45) is 0 Å². The highest BCUT2D eigenvalue weighted by Crippen LogP contribution is 2.20. The van der Waals surface area contributed by atoms with E-state index in [2.05, 4.69) is 27.7 Å². The quantitative estimate of drug-likeness (QED) is 0.282. The van der Waals surface area contributed by atoms with E-state index in [1.54, 1.807) is 6.92 Å². The molecule has 1 aliphatic rings. The van der Waals surface area contributed by atoms with Gasteiger partial charge in [0.25, 0.3) is 0 Å². The lowest BCUT2D eigenvalue weighted by Gasteiger charge is -2.25. The molecule has 0 saturated carbocycles. The van der Waals surface area contributed by atoms with Crippen LogP contribution < -0.4 is 10.6 Å². The van der Waals surface area contributed by atoms with Crippen LogP contribution >= 0.6 is 0 Å². The minimum absolute atomic E-state index is 0.145. The maximum absolute atomic E-state index is 12.8. The maximum atomic E-state index is 12.8. The number of carboxylic acids is 1. The van der Waals surface area contributed by atoms with Crippen molar-refractivity contribution in [2.75, 3.05) is 38.1 Å². The van der Waals surface area contributed by atoms with Crippen molar-refractivity contribution in [3.8, 4) is 0 Å². The van der Waals surface area contributed by atoms with Gasteiger partial charge < -0.3 is 25.4 Å². The van der Waals surface area contributed by atoms with Crippen molar-refractivity contribution in [3.05, 3.63) is 59.3 Å². The smallest absolute Gasteiger partial charge is 0.326 e. The topological polar surface area (TPSA) is 104 Å². The predicted octanol–water partition coefficient (Wildman–Crippen LogP) is 4.25. The van der Waals surface area contributed by atoms with Crippen molar-refractivity contribution >= 4 is 17.7 Å². The largest absolute Gasteiger partial charge is 0.480 e. The molecular formula is C30H44N4O4. The van der Waals surface area contributed by atoms with Gasteiger partial charge >= 0.3 is 5.97 Å². The molecule has 1 aromatic carbocycles. The number of ether oxygens (including phenoxy) is 1. The molecule has 8 nitrogen and oxygen atoms in total. The summed E-state index contributed by atoms with van der Waals surface area (Å²) < 4.78 is 5.76. The third kappa shape index (κ3) is 9.72. The normalized spacial score (nSPS) is 14.6. The van der Waals surface area contributed by atoms with Crippen LogP contribution in [0.3, 0.4) is 0 Å². The SMILES string of the molecule is CC(C)OCCN(CCCCc1ccc2c(n1)NCCC2)CC[C@H](NC(=O)[C@@H](C)c1ccccc1)C(=O)O. The molecule has 0 fully saturated rings. The Morgan fingerprint density at radius 3 is 2.61 bits per heavy atom. The molecule has 0 saturated heterocycles. The monoisotopic (exact) mass is 524 g/mol.